The summed E-state index contributed by atoms with van der Waals surface area (Å²) in [6, 6.07) is 18.8. The Morgan fingerprint density at radius 3 is 2.08 bits per heavy atom. The number of nitrogens with zero attached hydrogens (tertiary/aromatic N) is 1. The predicted octanol–water partition coefficient (Wildman–Crippen LogP) is 3.74. The average Bonchev–Trinajstić information content (AvgIpc) is 2.59. The van der Waals surface area contributed by atoms with Crippen molar-refractivity contribution in [1.82, 2.24) is 5.32 Å². The zero-order valence-corrected chi connectivity index (χ0v) is 14.9. The minimum atomic E-state index is -0.612. The van der Waals surface area contributed by atoms with Crippen LogP contribution in [0.15, 0.2) is 60.7 Å². The molecule has 2 aromatic rings. The van der Waals surface area contributed by atoms with E-state index in [0.717, 1.165) is 11.3 Å². The summed E-state index contributed by atoms with van der Waals surface area (Å²) in [5, 5.41) is 2.52. The first-order valence-corrected chi connectivity index (χ1v) is 8.20. The van der Waals surface area contributed by atoms with Gasteiger partial charge in [-0.25, -0.2) is 4.79 Å². The van der Waals surface area contributed by atoms with Gasteiger partial charge in [-0.05, 0) is 38.5 Å². The number of alkyl carbamates (subject to hydrolysis) is 1. The molecule has 0 bridgehead atoms. The summed E-state index contributed by atoms with van der Waals surface area (Å²) < 4.78 is 5.13. The normalized spacial score (nSPS) is 10.8. The molecule has 2 rings (SSSR count). The Balaban J connectivity index is 1.91. The Kier molecular flexibility index (Phi) is 6.17. The SMILES string of the molecule is CC(C)(C)N(C(=O)CNC(=O)OCc1ccccc1)c1ccccc1. The van der Waals surface area contributed by atoms with Crippen LogP contribution in [-0.2, 0) is 16.1 Å². The minimum Gasteiger partial charge on any atom is -0.445 e. The quantitative estimate of drug-likeness (QED) is 0.902. The Morgan fingerprint density at radius 2 is 1.52 bits per heavy atom. The van der Waals surface area contributed by atoms with Crippen LogP contribution in [-0.4, -0.2) is 24.1 Å². The van der Waals surface area contributed by atoms with Crippen molar-refractivity contribution < 1.29 is 14.3 Å². The van der Waals surface area contributed by atoms with Crippen molar-refractivity contribution in [1.29, 1.82) is 0 Å². The van der Waals surface area contributed by atoms with Gasteiger partial charge in [0.25, 0.3) is 0 Å². The molecule has 0 aliphatic carbocycles. The van der Waals surface area contributed by atoms with E-state index >= 15 is 0 Å². The summed E-state index contributed by atoms with van der Waals surface area (Å²) in [4.78, 5) is 26.1. The zero-order chi connectivity index (χ0) is 18.3. The van der Waals surface area contributed by atoms with E-state index in [4.69, 9.17) is 4.74 Å². The number of carbonyl (C=O) groups excluding carboxylic acids is 2. The monoisotopic (exact) mass is 340 g/mol. The molecular formula is C20H24N2O3. The number of nitrogens with one attached hydrogen (secondary N) is 1. The van der Waals surface area contributed by atoms with Crippen molar-refractivity contribution in [2.75, 3.05) is 11.4 Å². The van der Waals surface area contributed by atoms with Crippen molar-refractivity contribution in [3.8, 4) is 0 Å². The van der Waals surface area contributed by atoms with E-state index in [9.17, 15) is 9.59 Å². The third-order valence-electron chi connectivity index (χ3n) is 3.53. The molecule has 0 saturated heterocycles. The van der Waals surface area contributed by atoms with Crippen molar-refractivity contribution in [3.63, 3.8) is 0 Å². The summed E-state index contributed by atoms with van der Waals surface area (Å²) in [6.45, 7) is 5.89. The van der Waals surface area contributed by atoms with Crippen LogP contribution in [0.3, 0.4) is 0 Å². The van der Waals surface area contributed by atoms with E-state index in [-0.39, 0.29) is 19.1 Å². The molecular weight excluding hydrogens is 316 g/mol. The molecule has 0 aliphatic rings. The predicted molar refractivity (Wildman–Crippen MR) is 98.3 cm³/mol. The van der Waals surface area contributed by atoms with Crippen molar-refractivity contribution in [2.24, 2.45) is 0 Å². The third-order valence-corrected chi connectivity index (χ3v) is 3.53. The van der Waals surface area contributed by atoms with E-state index in [1.165, 1.54) is 0 Å². The van der Waals surface area contributed by atoms with Crippen molar-refractivity contribution in [2.45, 2.75) is 32.9 Å². The lowest BCUT2D eigenvalue weighted by molar-refractivity contribution is -0.118. The number of anilines is 1. The van der Waals surface area contributed by atoms with Crippen LogP contribution < -0.4 is 10.2 Å². The maximum Gasteiger partial charge on any atom is 0.407 e. The molecule has 0 aliphatic heterocycles. The van der Waals surface area contributed by atoms with E-state index in [0.29, 0.717) is 0 Å². The van der Waals surface area contributed by atoms with Gasteiger partial charge in [-0.2, -0.15) is 0 Å². The number of carbonyl (C=O) groups is 2. The molecule has 0 unspecified atom stereocenters. The number of hydrogen-bond acceptors (Lipinski definition) is 3. The van der Waals surface area contributed by atoms with Crippen LogP contribution in [0.25, 0.3) is 0 Å². The van der Waals surface area contributed by atoms with Gasteiger partial charge in [0.2, 0.25) is 5.91 Å². The Morgan fingerprint density at radius 1 is 0.960 bits per heavy atom. The first-order chi connectivity index (χ1) is 11.9. The molecule has 0 heterocycles. The molecule has 5 nitrogen and oxygen atoms in total. The lowest BCUT2D eigenvalue weighted by Gasteiger charge is -2.35. The maximum absolute atomic E-state index is 12.6. The largest absolute Gasteiger partial charge is 0.445 e. The van der Waals surface area contributed by atoms with Crippen molar-refractivity contribution in [3.05, 3.63) is 66.2 Å². The highest BCUT2D eigenvalue weighted by Gasteiger charge is 2.28. The van der Waals surface area contributed by atoms with Gasteiger partial charge in [0.05, 0.1) is 0 Å². The van der Waals surface area contributed by atoms with E-state index in [1.54, 1.807) is 4.90 Å². The van der Waals surface area contributed by atoms with E-state index in [2.05, 4.69) is 5.32 Å². The van der Waals surface area contributed by atoms with E-state index in [1.807, 2.05) is 81.4 Å². The first kappa shape index (κ1) is 18.5. The molecule has 0 radical (unpaired) electrons. The molecule has 0 aromatic heterocycles. The molecule has 0 atom stereocenters. The summed E-state index contributed by atoms with van der Waals surface area (Å²) in [5.41, 5.74) is 1.28. The molecule has 1 N–H and O–H groups in total. The number of hydrogen-bond donors (Lipinski definition) is 1. The van der Waals surface area contributed by atoms with Crippen LogP contribution in [0.5, 0.6) is 0 Å². The van der Waals surface area contributed by atoms with Gasteiger partial charge in [0.15, 0.2) is 0 Å². The summed E-state index contributed by atoms with van der Waals surface area (Å²) in [7, 11) is 0. The number of ether oxygens (including phenoxy) is 1. The van der Waals surface area contributed by atoms with Crippen molar-refractivity contribution >= 4 is 17.7 Å². The highest BCUT2D eigenvalue weighted by molar-refractivity contribution is 5.97. The van der Waals surface area contributed by atoms with Crippen LogP contribution in [0, 0.1) is 0 Å². The zero-order valence-electron chi connectivity index (χ0n) is 14.9. The molecule has 2 amide bonds. The minimum absolute atomic E-state index is 0.125. The van der Waals surface area contributed by atoms with E-state index < -0.39 is 11.6 Å². The molecule has 2 aromatic carbocycles. The molecule has 0 spiro atoms. The number of benzene rings is 2. The Bertz CT molecular complexity index is 694. The van der Waals surface area contributed by atoms with Gasteiger partial charge in [-0.1, -0.05) is 48.5 Å². The lowest BCUT2D eigenvalue weighted by atomic mass is 10.0. The summed E-state index contributed by atoms with van der Waals surface area (Å²) in [6.07, 6.45) is -0.612. The smallest absolute Gasteiger partial charge is 0.407 e. The Hall–Kier alpha value is -2.82. The molecule has 0 saturated carbocycles. The van der Waals surface area contributed by atoms with Gasteiger partial charge in [-0.3, -0.25) is 4.79 Å². The van der Waals surface area contributed by atoms with Gasteiger partial charge in [-0.15, -0.1) is 0 Å². The molecule has 5 heteroatoms. The topological polar surface area (TPSA) is 58.6 Å². The van der Waals surface area contributed by atoms with Crippen LogP contribution in [0.4, 0.5) is 10.5 Å². The maximum atomic E-state index is 12.6. The highest BCUT2D eigenvalue weighted by atomic mass is 16.5. The Labute approximate surface area is 148 Å². The fourth-order valence-corrected chi connectivity index (χ4v) is 2.48. The molecule has 0 fully saturated rings. The second kappa shape index (κ2) is 8.33. The molecule has 132 valence electrons. The van der Waals surface area contributed by atoms with Crippen LogP contribution >= 0.6 is 0 Å². The number of amides is 2. The first-order valence-electron chi connectivity index (χ1n) is 8.20. The third kappa shape index (κ3) is 5.64. The number of rotatable bonds is 5. The average molecular weight is 340 g/mol. The van der Waals surface area contributed by atoms with Gasteiger partial charge in [0, 0.05) is 11.2 Å². The van der Waals surface area contributed by atoms with Gasteiger partial charge in [0.1, 0.15) is 13.2 Å². The number of para-hydroxylation sites is 1. The van der Waals surface area contributed by atoms with Crippen LogP contribution in [0.1, 0.15) is 26.3 Å². The highest BCUT2D eigenvalue weighted by Crippen LogP contribution is 2.23. The van der Waals surface area contributed by atoms with Gasteiger partial charge < -0.3 is 15.0 Å². The molecule has 25 heavy (non-hydrogen) atoms. The standard InChI is InChI=1S/C20H24N2O3/c1-20(2,3)22(17-12-8-5-9-13-17)18(23)14-21-19(24)25-15-16-10-6-4-7-11-16/h4-13H,14-15H2,1-3H3,(H,21,24). The summed E-state index contributed by atoms with van der Waals surface area (Å²) in [5.74, 6) is -0.199. The fourth-order valence-electron chi connectivity index (χ4n) is 2.48. The summed E-state index contributed by atoms with van der Waals surface area (Å²) >= 11 is 0. The lowest BCUT2D eigenvalue weighted by Crippen LogP contribution is -2.50. The fraction of sp³-hybridized carbons (Fsp3) is 0.300. The van der Waals surface area contributed by atoms with Gasteiger partial charge >= 0.3 is 6.09 Å². The second-order valence-corrected chi connectivity index (χ2v) is 6.65. The van der Waals surface area contributed by atoms with Crippen LogP contribution in [0.2, 0.25) is 0 Å². The second-order valence-electron chi connectivity index (χ2n) is 6.65.